The van der Waals surface area contributed by atoms with Gasteiger partial charge < -0.3 is 11.1 Å². The van der Waals surface area contributed by atoms with Gasteiger partial charge in [0.15, 0.2) is 0 Å². The number of thioether (sulfide) groups is 1. The summed E-state index contributed by atoms with van der Waals surface area (Å²) in [6.07, 6.45) is 7.97. The first-order valence-corrected chi connectivity index (χ1v) is 9.10. The predicted molar refractivity (Wildman–Crippen MR) is 88.1 cm³/mol. The molecule has 6 heteroatoms. The third kappa shape index (κ3) is 3.79. The van der Waals surface area contributed by atoms with Crippen LogP contribution in [0.15, 0.2) is 27.8 Å². The Morgan fingerprint density at radius 3 is 2.86 bits per heavy atom. The number of aromatic nitrogens is 1. The lowest BCUT2D eigenvalue weighted by Gasteiger charge is -2.39. The Labute approximate surface area is 137 Å². The second-order valence-electron chi connectivity index (χ2n) is 6.02. The van der Waals surface area contributed by atoms with Gasteiger partial charge in [0.05, 0.1) is 10.6 Å². The van der Waals surface area contributed by atoms with Gasteiger partial charge in [0.2, 0.25) is 5.91 Å². The molecular formula is C15H20BrN3OS. The Balaban J connectivity index is 1.68. The van der Waals surface area contributed by atoms with E-state index in [4.69, 9.17) is 5.73 Å². The summed E-state index contributed by atoms with van der Waals surface area (Å²) < 4.78 is 0.984. The molecule has 1 aromatic rings. The largest absolute Gasteiger partial charge is 0.368 e. The highest BCUT2D eigenvalue weighted by atomic mass is 79.9. The molecule has 1 heterocycles. The number of nitrogens with two attached hydrogens (primary N) is 1. The van der Waals surface area contributed by atoms with Gasteiger partial charge in [0, 0.05) is 22.0 Å². The van der Waals surface area contributed by atoms with Crippen molar-refractivity contribution >= 4 is 33.6 Å². The highest BCUT2D eigenvalue weighted by Crippen LogP contribution is 2.39. The van der Waals surface area contributed by atoms with Gasteiger partial charge in [-0.2, -0.15) is 0 Å². The molecular weight excluding hydrogens is 350 g/mol. The Hall–Kier alpha value is -0.590. The van der Waals surface area contributed by atoms with Crippen molar-refractivity contribution < 1.29 is 4.79 Å². The number of carbonyl (C=O) groups excluding carboxylic acids is 1. The van der Waals surface area contributed by atoms with Gasteiger partial charge in [0.1, 0.15) is 0 Å². The number of hydrogen-bond donors (Lipinski definition) is 2. The van der Waals surface area contributed by atoms with Crippen molar-refractivity contribution in [3.63, 3.8) is 0 Å². The molecule has 0 spiro atoms. The van der Waals surface area contributed by atoms with Crippen molar-refractivity contribution in [1.29, 1.82) is 0 Å². The summed E-state index contributed by atoms with van der Waals surface area (Å²) in [7, 11) is 0. The van der Waals surface area contributed by atoms with Crippen molar-refractivity contribution in [2.24, 2.45) is 5.73 Å². The molecule has 21 heavy (non-hydrogen) atoms. The third-order valence-corrected chi connectivity index (χ3v) is 5.91. The van der Waals surface area contributed by atoms with E-state index in [1.165, 1.54) is 12.8 Å². The number of nitrogens with one attached hydrogen (secondary N) is 1. The SMILES string of the molecule is NC(=O)C1(NC2CC2)CCCC(Sc2ccc(Br)cn2)C1. The van der Waals surface area contributed by atoms with E-state index in [0.717, 1.165) is 35.2 Å². The van der Waals surface area contributed by atoms with Gasteiger partial charge in [-0.25, -0.2) is 4.98 Å². The molecule has 3 rings (SSSR count). The molecule has 1 amide bonds. The van der Waals surface area contributed by atoms with Gasteiger partial charge in [-0.3, -0.25) is 4.79 Å². The summed E-state index contributed by atoms with van der Waals surface area (Å²) in [6, 6.07) is 4.51. The number of carbonyl (C=O) groups is 1. The number of hydrogen-bond acceptors (Lipinski definition) is 4. The van der Waals surface area contributed by atoms with E-state index >= 15 is 0 Å². The molecule has 0 aliphatic heterocycles. The predicted octanol–water partition coefficient (Wildman–Crippen LogP) is 2.85. The number of amides is 1. The fourth-order valence-corrected chi connectivity index (χ4v) is 4.46. The standard InChI is InChI=1S/C15H20BrN3OS/c16-10-3-6-13(18-9-10)21-12-2-1-7-15(8-12,14(17)20)19-11-4-5-11/h3,6,9,11-12,19H,1-2,4-5,7-8H2,(H2,17,20). The van der Waals surface area contributed by atoms with E-state index in [2.05, 4.69) is 26.2 Å². The molecule has 4 nitrogen and oxygen atoms in total. The molecule has 1 aromatic heterocycles. The molecule has 2 saturated carbocycles. The number of primary amides is 1. The zero-order chi connectivity index (χ0) is 14.9. The first-order valence-electron chi connectivity index (χ1n) is 7.43. The minimum absolute atomic E-state index is 0.191. The molecule has 2 unspecified atom stereocenters. The van der Waals surface area contributed by atoms with Gasteiger partial charge >= 0.3 is 0 Å². The summed E-state index contributed by atoms with van der Waals surface area (Å²) in [5.74, 6) is -0.191. The normalized spacial score (nSPS) is 29.3. The van der Waals surface area contributed by atoms with Crippen LogP contribution in [0.4, 0.5) is 0 Å². The first kappa shape index (κ1) is 15.3. The van der Waals surface area contributed by atoms with Crippen molar-refractivity contribution in [2.45, 2.75) is 60.4 Å². The van der Waals surface area contributed by atoms with E-state index in [1.807, 2.05) is 18.3 Å². The average Bonchev–Trinajstić information content (AvgIpc) is 3.25. The maximum Gasteiger partial charge on any atom is 0.237 e. The molecule has 0 radical (unpaired) electrons. The van der Waals surface area contributed by atoms with Crippen LogP contribution >= 0.6 is 27.7 Å². The van der Waals surface area contributed by atoms with E-state index in [0.29, 0.717) is 11.3 Å². The number of rotatable bonds is 5. The molecule has 2 aliphatic carbocycles. The highest BCUT2D eigenvalue weighted by molar-refractivity contribution is 9.10. The second kappa shape index (κ2) is 6.26. The first-order chi connectivity index (χ1) is 10.1. The molecule has 0 bridgehead atoms. The minimum atomic E-state index is -0.507. The number of nitrogens with zero attached hydrogens (tertiary/aromatic N) is 1. The fourth-order valence-electron chi connectivity index (χ4n) is 2.97. The van der Waals surface area contributed by atoms with Crippen molar-refractivity contribution in [2.75, 3.05) is 0 Å². The molecule has 2 fully saturated rings. The van der Waals surface area contributed by atoms with Crippen LogP contribution in [0.3, 0.4) is 0 Å². The van der Waals surface area contributed by atoms with Gasteiger partial charge in [0.25, 0.3) is 0 Å². The van der Waals surface area contributed by atoms with Crippen LogP contribution in [-0.4, -0.2) is 27.7 Å². The van der Waals surface area contributed by atoms with Crippen LogP contribution in [0, 0.1) is 0 Å². The van der Waals surface area contributed by atoms with E-state index < -0.39 is 5.54 Å². The summed E-state index contributed by atoms with van der Waals surface area (Å²) in [4.78, 5) is 16.4. The Bertz CT molecular complexity index is 520. The van der Waals surface area contributed by atoms with Gasteiger partial charge in [-0.05, 0) is 66.6 Å². The Kier molecular flexibility index (Phi) is 4.57. The molecule has 2 atom stereocenters. The molecule has 0 saturated heterocycles. The molecule has 114 valence electrons. The van der Waals surface area contributed by atoms with Crippen molar-refractivity contribution in [1.82, 2.24) is 10.3 Å². The second-order valence-corrected chi connectivity index (χ2v) is 8.25. The Morgan fingerprint density at radius 2 is 2.24 bits per heavy atom. The van der Waals surface area contributed by atoms with Crippen molar-refractivity contribution in [3.8, 4) is 0 Å². The van der Waals surface area contributed by atoms with Crippen LogP contribution in [0.5, 0.6) is 0 Å². The zero-order valence-corrected chi connectivity index (χ0v) is 14.3. The van der Waals surface area contributed by atoms with Crippen molar-refractivity contribution in [3.05, 3.63) is 22.8 Å². The molecule has 0 aromatic carbocycles. The molecule has 3 N–H and O–H groups in total. The third-order valence-electron chi connectivity index (χ3n) is 4.22. The van der Waals surface area contributed by atoms with E-state index in [-0.39, 0.29) is 5.91 Å². The fraction of sp³-hybridized carbons (Fsp3) is 0.600. The van der Waals surface area contributed by atoms with Crippen LogP contribution in [-0.2, 0) is 4.79 Å². The molecule has 2 aliphatic rings. The highest BCUT2D eigenvalue weighted by Gasteiger charge is 2.44. The lowest BCUT2D eigenvalue weighted by molar-refractivity contribution is -0.125. The number of halogens is 1. The quantitative estimate of drug-likeness (QED) is 0.837. The van der Waals surface area contributed by atoms with Gasteiger partial charge in [-0.1, -0.05) is 0 Å². The van der Waals surface area contributed by atoms with E-state index in [1.54, 1.807) is 11.8 Å². The summed E-state index contributed by atoms with van der Waals surface area (Å²) in [5, 5.41) is 4.92. The number of pyridine rings is 1. The van der Waals surface area contributed by atoms with E-state index in [9.17, 15) is 4.79 Å². The topological polar surface area (TPSA) is 68.0 Å². The minimum Gasteiger partial charge on any atom is -0.368 e. The lowest BCUT2D eigenvalue weighted by Crippen LogP contribution is -2.59. The van der Waals surface area contributed by atoms with Crippen LogP contribution in [0.1, 0.15) is 38.5 Å². The maximum absolute atomic E-state index is 12.0. The summed E-state index contributed by atoms with van der Waals surface area (Å²) in [5.41, 5.74) is 5.21. The van der Waals surface area contributed by atoms with Crippen LogP contribution in [0.25, 0.3) is 0 Å². The van der Waals surface area contributed by atoms with Gasteiger partial charge in [-0.15, -0.1) is 11.8 Å². The summed E-state index contributed by atoms with van der Waals surface area (Å²) in [6.45, 7) is 0. The van der Waals surface area contributed by atoms with Crippen LogP contribution in [0.2, 0.25) is 0 Å². The average molecular weight is 370 g/mol. The smallest absolute Gasteiger partial charge is 0.237 e. The van der Waals surface area contributed by atoms with Crippen LogP contribution < -0.4 is 11.1 Å². The Morgan fingerprint density at radius 1 is 1.43 bits per heavy atom. The lowest BCUT2D eigenvalue weighted by atomic mass is 9.80. The summed E-state index contributed by atoms with van der Waals surface area (Å²) >= 11 is 5.16. The zero-order valence-electron chi connectivity index (χ0n) is 11.8. The monoisotopic (exact) mass is 369 g/mol. The maximum atomic E-state index is 12.0.